The average Bonchev–Trinajstić information content (AvgIpc) is 3.41. The molecule has 11 heteroatoms. The molecule has 5 rings (SSSR count). The molecule has 0 unspecified atom stereocenters. The third kappa shape index (κ3) is 4.47. The zero-order valence-corrected chi connectivity index (χ0v) is 17.2. The minimum atomic E-state index is 0.451. The highest BCUT2D eigenvalue weighted by Gasteiger charge is 2.12. The van der Waals surface area contributed by atoms with Gasteiger partial charge in [-0.3, -0.25) is 9.58 Å². The van der Waals surface area contributed by atoms with Crippen molar-refractivity contribution in [2.45, 2.75) is 0 Å². The van der Waals surface area contributed by atoms with Crippen molar-refractivity contribution in [3.8, 4) is 11.4 Å². The Morgan fingerprint density at radius 2 is 1.97 bits per heavy atom. The van der Waals surface area contributed by atoms with Crippen molar-refractivity contribution in [2.24, 2.45) is 7.05 Å². The van der Waals surface area contributed by atoms with Gasteiger partial charge in [0, 0.05) is 32.9 Å². The topological polar surface area (TPSA) is 108 Å². The van der Waals surface area contributed by atoms with Gasteiger partial charge in [-0.1, -0.05) is 5.21 Å². The average molecular weight is 421 g/mol. The lowest BCUT2D eigenvalue weighted by atomic mass is 10.3. The van der Waals surface area contributed by atoms with Gasteiger partial charge in [-0.05, 0) is 24.3 Å². The maximum atomic E-state index is 5.88. The highest BCUT2D eigenvalue weighted by molar-refractivity contribution is 5.72. The van der Waals surface area contributed by atoms with Crippen LogP contribution in [0, 0.1) is 0 Å². The fourth-order valence-electron chi connectivity index (χ4n) is 3.38. The van der Waals surface area contributed by atoms with Gasteiger partial charge >= 0.3 is 0 Å². The molecule has 0 spiro atoms. The van der Waals surface area contributed by atoms with Crippen LogP contribution in [0.3, 0.4) is 0 Å². The second-order valence-corrected chi connectivity index (χ2v) is 7.23. The van der Waals surface area contributed by atoms with E-state index in [0.29, 0.717) is 23.7 Å². The number of morpholine rings is 1. The van der Waals surface area contributed by atoms with Crippen molar-refractivity contribution < 1.29 is 9.47 Å². The molecule has 1 N–H and O–H groups in total. The van der Waals surface area contributed by atoms with E-state index in [1.54, 1.807) is 21.8 Å². The lowest BCUT2D eigenvalue weighted by Gasteiger charge is -2.26. The van der Waals surface area contributed by atoms with E-state index in [0.717, 1.165) is 50.0 Å². The van der Waals surface area contributed by atoms with Gasteiger partial charge in [-0.25, -0.2) is 4.98 Å². The van der Waals surface area contributed by atoms with Gasteiger partial charge in [0.15, 0.2) is 11.2 Å². The smallest absolute Gasteiger partial charge is 0.229 e. The molecule has 0 atom stereocenters. The summed E-state index contributed by atoms with van der Waals surface area (Å²) >= 11 is 0. The van der Waals surface area contributed by atoms with Crippen LogP contribution in [0.15, 0.2) is 42.9 Å². The lowest BCUT2D eigenvalue weighted by Crippen LogP contribution is -2.38. The van der Waals surface area contributed by atoms with Gasteiger partial charge in [0.25, 0.3) is 0 Å². The predicted octanol–water partition coefficient (Wildman–Crippen LogP) is 1.40. The van der Waals surface area contributed by atoms with Crippen molar-refractivity contribution in [1.29, 1.82) is 0 Å². The zero-order valence-electron chi connectivity index (χ0n) is 17.2. The maximum Gasteiger partial charge on any atom is 0.229 e. The van der Waals surface area contributed by atoms with Crippen LogP contribution < -0.4 is 10.1 Å². The molecule has 31 heavy (non-hydrogen) atoms. The summed E-state index contributed by atoms with van der Waals surface area (Å²) in [6.07, 6.45) is 5.20. The van der Waals surface area contributed by atoms with Gasteiger partial charge in [-0.2, -0.15) is 14.8 Å². The molecule has 0 radical (unpaired) electrons. The second-order valence-electron chi connectivity index (χ2n) is 7.23. The summed E-state index contributed by atoms with van der Waals surface area (Å²) in [7, 11) is 1.85. The van der Waals surface area contributed by atoms with E-state index in [4.69, 9.17) is 9.47 Å². The monoisotopic (exact) mass is 421 g/mol. The first kappa shape index (κ1) is 19.4. The SMILES string of the molecule is Cn1cc(Nc2ncc3nnn(-c4ccc(OCCN5CCOCC5)cc4)c3n2)cn1. The summed E-state index contributed by atoms with van der Waals surface area (Å²) in [4.78, 5) is 11.2. The number of rotatable bonds is 7. The number of nitrogens with one attached hydrogen (secondary N) is 1. The summed E-state index contributed by atoms with van der Waals surface area (Å²) in [6, 6.07) is 7.74. The van der Waals surface area contributed by atoms with E-state index in [-0.39, 0.29) is 0 Å². The number of aromatic nitrogens is 7. The van der Waals surface area contributed by atoms with Crippen molar-refractivity contribution in [2.75, 3.05) is 44.8 Å². The molecule has 0 amide bonds. The zero-order chi connectivity index (χ0) is 21.0. The summed E-state index contributed by atoms with van der Waals surface area (Å²) in [5.41, 5.74) is 2.87. The number of anilines is 2. The standard InChI is InChI=1S/C20H23N9O2/c1-27-14-15(12-22-27)23-20-21-13-18-19(24-20)29(26-25-18)16-2-4-17(5-3-16)31-11-8-28-6-9-30-10-7-28/h2-5,12-14H,6-11H2,1H3,(H,21,23,24). The molecule has 0 saturated carbocycles. The number of benzene rings is 1. The Balaban J connectivity index is 1.27. The van der Waals surface area contributed by atoms with E-state index in [1.165, 1.54) is 0 Å². The Bertz CT molecular complexity index is 1150. The Morgan fingerprint density at radius 1 is 1.13 bits per heavy atom. The molecular weight excluding hydrogens is 398 g/mol. The number of nitrogens with zero attached hydrogens (tertiary/aromatic N) is 8. The van der Waals surface area contributed by atoms with E-state index in [2.05, 4.69) is 35.6 Å². The van der Waals surface area contributed by atoms with Gasteiger partial charge in [-0.15, -0.1) is 5.10 Å². The molecule has 1 fully saturated rings. The summed E-state index contributed by atoms with van der Waals surface area (Å²) < 4.78 is 14.6. The summed E-state index contributed by atoms with van der Waals surface area (Å²) in [5, 5.41) is 15.7. The third-order valence-electron chi connectivity index (χ3n) is 5.01. The van der Waals surface area contributed by atoms with E-state index in [9.17, 15) is 0 Å². The third-order valence-corrected chi connectivity index (χ3v) is 5.01. The molecule has 1 aliphatic heterocycles. The molecule has 4 aromatic rings. The minimum Gasteiger partial charge on any atom is -0.492 e. The lowest BCUT2D eigenvalue weighted by molar-refractivity contribution is 0.0322. The quantitative estimate of drug-likeness (QED) is 0.474. The number of fused-ring (bicyclic) bond motifs is 1. The molecule has 3 aromatic heterocycles. The Morgan fingerprint density at radius 3 is 2.74 bits per heavy atom. The van der Waals surface area contributed by atoms with Gasteiger partial charge in [0.05, 0.1) is 37.0 Å². The molecule has 1 saturated heterocycles. The fraction of sp³-hybridized carbons (Fsp3) is 0.350. The van der Waals surface area contributed by atoms with Gasteiger partial charge < -0.3 is 14.8 Å². The van der Waals surface area contributed by atoms with Crippen LogP contribution in [0.2, 0.25) is 0 Å². The van der Waals surface area contributed by atoms with Gasteiger partial charge in [0.1, 0.15) is 12.4 Å². The van der Waals surface area contributed by atoms with Crippen molar-refractivity contribution >= 4 is 22.8 Å². The molecule has 4 heterocycles. The normalized spacial score (nSPS) is 14.7. The Kier molecular flexibility index (Phi) is 5.42. The van der Waals surface area contributed by atoms with E-state index in [1.807, 2.05) is 37.5 Å². The van der Waals surface area contributed by atoms with Crippen molar-refractivity contribution in [1.82, 2.24) is 39.6 Å². The van der Waals surface area contributed by atoms with Crippen LogP contribution in [0.5, 0.6) is 5.75 Å². The largest absolute Gasteiger partial charge is 0.492 e. The number of ether oxygens (including phenoxy) is 2. The van der Waals surface area contributed by atoms with Crippen molar-refractivity contribution in [3.05, 3.63) is 42.9 Å². The number of hydrogen-bond donors (Lipinski definition) is 1. The molecule has 0 aliphatic carbocycles. The first-order valence-corrected chi connectivity index (χ1v) is 10.1. The van der Waals surface area contributed by atoms with Gasteiger partial charge in [0.2, 0.25) is 5.95 Å². The molecule has 1 aliphatic rings. The molecule has 1 aromatic carbocycles. The molecular formula is C20H23N9O2. The first-order valence-electron chi connectivity index (χ1n) is 10.1. The Hall–Kier alpha value is -3.57. The number of aryl methyl sites for hydroxylation is 1. The second kappa shape index (κ2) is 8.66. The van der Waals surface area contributed by atoms with Crippen LogP contribution in [0.1, 0.15) is 0 Å². The predicted molar refractivity (Wildman–Crippen MR) is 114 cm³/mol. The van der Waals surface area contributed by atoms with E-state index >= 15 is 0 Å². The van der Waals surface area contributed by atoms with Crippen LogP contribution in [-0.4, -0.2) is 79.1 Å². The highest BCUT2D eigenvalue weighted by Crippen LogP contribution is 2.20. The van der Waals surface area contributed by atoms with Crippen molar-refractivity contribution in [3.63, 3.8) is 0 Å². The highest BCUT2D eigenvalue weighted by atomic mass is 16.5. The summed E-state index contributed by atoms with van der Waals surface area (Å²) in [6.45, 7) is 5.04. The fourth-order valence-corrected chi connectivity index (χ4v) is 3.38. The van der Waals surface area contributed by atoms with E-state index < -0.39 is 0 Å². The maximum absolute atomic E-state index is 5.88. The Labute approximate surface area is 178 Å². The minimum absolute atomic E-state index is 0.451. The molecule has 0 bridgehead atoms. The van der Waals surface area contributed by atoms with Crippen LogP contribution in [-0.2, 0) is 11.8 Å². The molecule has 160 valence electrons. The van der Waals surface area contributed by atoms with Crippen LogP contribution >= 0.6 is 0 Å². The molecule has 11 nitrogen and oxygen atoms in total. The number of hydrogen-bond acceptors (Lipinski definition) is 9. The first-order chi connectivity index (χ1) is 15.2. The van der Waals surface area contributed by atoms with Crippen LogP contribution in [0.25, 0.3) is 16.9 Å². The van der Waals surface area contributed by atoms with Crippen LogP contribution in [0.4, 0.5) is 11.6 Å². The summed E-state index contributed by atoms with van der Waals surface area (Å²) in [5.74, 6) is 1.27.